The second kappa shape index (κ2) is 5.75. The van der Waals surface area contributed by atoms with Gasteiger partial charge in [-0.15, -0.1) is 0 Å². The number of hydrogen-bond donors (Lipinski definition) is 1. The van der Waals surface area contributed by atoms with Gasteiger partial charge in [-0.3, -0.25) is 4.79 Å². The van der Waals surface area contributed by atoms with Crippen molar-refractivity contribution in [3.63, 3.8) is 0 Å². The number of nitrogens with one attached hydrogen (secondary N) is 1. The minimum Gasteiger partial charge on any atom is -0.550 e. The van der Waals surface area contributed by atoms with Crippen molar-refractivity contribution in [2.75, 3.05) is 5.32 Å². The summed E-state index contributed by atoms with van der Waals surface area (Å²) in [4.78, 5) is 24.2. The van der Waals surface area contributed by atoms with E-state index >= 15 is 0 Å². The molecule has 1 aromatic rings. The Bertz CT molecular complexity index is 602. The van der Waals surface area contributed by atoms with Crippen molar-refractivity contribution in [2.45, 2.75) is 39.5 Å². The van der Waals surface area contributed by atoms with E-state index in [0.29, 0.717) is 0 Å². The van der Waals surface area contributed by atoms with Gasteiger partial charge in [-0.05, 0) is 74.6 Å². The van der Waals surface area contributed by atoms with Gasteiger partial charge in [0.05, 0.1) is 0 Å². The molecule has 118 valence electrons. The summed E-state index contributed by atoms with van der Waals surface area (Å²) in [5.41, 5.74) is 3.02. The number of anilines is 1. The van der Waals surface area contributed by atoms with Crippen molar-refractivity contribution in [1.82, 2.24) is 0 Å². The van der Waals surface area contributed by atoms with Crippen LogP contribution in [-0.2, 0) is 9.59 Å². The van der Waals surface area contributed by atoms with Crippen molar-refractivity contribution in [3.8, 4) is 0 Å². The molecule has 4 nitrogen and oxygen atoms in total. The maximum Gasteiger partial charge on any atom is 0.228 e. The molecule has 3 saturated carbocycles. The molecular formula is C18H22NO3-. The molecule has 0 aliphatic heterocycles. The highest BCUT2D eigenvalue weighted by atomic mass is 16.4. The van der Waals surface area contributed by atoms with E-state index in [1.54, 1.807) is 0 Å². The highest BCUT2D eigenvalue weighted by molar-refractivity contribution is 5.95. The lowest BCUT2D eigenvalue weighted by Gasteiger charge is -2.48. The predicted octanol–water partition coefficient (Wildman–Crippen LogP) is 2.04. The number of hydrogen-bond acceptors (Lipinski definition) is 3. The van der Waals surface area contributed by atoms with Crippen LogP contribution in [0.25, 0.3) is 0 Å². The Morgan fingerprint density at radius 3 is 2.14 bits per heavy atom. The van der Waals surface area contributed by atoms with Crippen LogP contribution in [0.15, 0.2) is 18.2 Å². The van der Waals surface area contributed by atoms with E-state index in [0.717, 1.165) is 36.9 Å². The number of carbonyl (C=O) groups is 2. The average molecular weight is 300 g/mol. The third-order valence-corrected chi connectivity index (χ3v) is 5.57. The van der Waals surface area contributed by atoms with Crippen LogP contribution >= 0.6 is 0 Å². The Balaban J connectivity index is 1.80. The second-order valence-electron chi connectivity index (χ2n) is 6.83. The van der Waals surface area contributed by atoms with E-state index < -0.39 is 17.8 Å². The van der Waals surface area contributed by atoms with E-state index in [1.165, 1.54) is 5.56 Å². The minimum absolute atomic E-state index is 0.102. The summed E-state index contributed by atoms with van der Waals surface area (Å²) in [6.45, 7) is 4.02. The van der Waals surface area contributed by atoms with Crippen molar-refractivity contribution >= 4 is 17.6 Å². The summed E-state index contributed by atoms with van der Waals surface area (Å²) >= 11 is 0. The van der Waals surface area contributed by atoms with Gasteiger partial charge in [0.25, 0.3) is 0 Å². The molecule has 0 radical (unpaired) electrons. The standard InChI is InChI=1S/C18H23NO3/c1-10-3-8-14(9-11(10)2)19-17(20)15-12-4-6-13(7-5-12)16(15)18(21)22/h3,8-9,12-13,15-16H,4-7H2,1-2H3,(H,19,20)(H,21,22)/p-1/t12?,13?,15-,16+/m1/s1. The molecule has 3 aliphatic rings. The summed E-state index contributed by atoms with van der Waals surface area (Å²) in [6.07, 6.45) is 3.74. The molecule has 0 spiro atoms. The molecule has 22 heavy (non-hydrogen) atoms. The third-order valence-electron chi connectivity index (χ3n) is 5.57. The van der Waals surface area contributed by atoms with E-state index in [4.69, 9.17) is 0 Å². The van der Waals surface area contributed by atoms with Gasteiger partial charge < -0.3 is 15.2 Å². The number of carboxylic acids is 1. The van der Waals surface area contributed by atoms with Crippen LogP contribution < -0.4 is 10.4 Å². The number of carbonyl (C=O) groups excluding carboxylic acids is 2. The topological polar surface area (TPSA) is 69.2 Å². The van der Waals surface area contributed by atoms with Gasteiger partial charge in [-0.25, -0.2) is 0 Å². The molecule has 4 rings (SSSR count). The van der Waals surface area contributed by atoms with Crippen molar-refractivity contribution in [2.24, 2.45) is 23.7 Å². The molecule has 1 aromatic carbocycles. The first-order valence-electron chi connectivity index (χ1n) is 8.06. The Kier molecular flexibility index (Phi) is 3.94. The molecular weight excluding hydrogens is 278 g/mol. The number of amides is 1. The SMILES string of the molecule is Cc1ccc(NC(=O)[C@@H]2C3CCC(CC3)[C@@H]2C(=O)[O-])cc1C. The molecule has 4 heteroatoms. The zero-order valence-corrected chi connectivity index (χ0v) is 13.1. The smallest absolute Gasteiger partial charge is 0.228 e. The van der Waals surface area contributed by atoms with Gasteiger partial charge in [0.2, 0.25) is 5.91 Å². The van der Waals surface area contributed by atoms with E-state index in [-0.39, 0.29) is 17.7 Å². The van der Waals surface area contributed by atoms with Gasteiger partial charge in [0, 0.05) is 23.5 Å². The van der Waals surface area contributed by atoms with Crippen LogP contribution in [0.5, 0.6) is 0 Å². The summed E-state index contributed by atoms with van der Waals surface area (Å²) in [7, 11) is 0. The predicted molar refractivity (Wildman–Crippen MR) is 82.0 cm³/mol. The maximum absolute atomic E-state index is 12.7. The van der Waals surface area contributed by atoms with E-state index in [2.05, 4.69) is 5.32 Å². The number of aliphatic carboxylic acids is 1. The number of carboxylic acid groups (broad SMARTS) is 1. The molecule has 0 heterocycles. The van der Waals surface area contributed by atoms with Crippen molar-refractivity contribution in [1.29, 1.82) is 0 Å². The fourth-order valence-electron chi connectivity index (χ4n) is 4.21. The fraction of sp³-hybridized carbons (Fsp3) is 0.556. The Hall–Kier alpha value is -1.84. The first-order chi connectivity index (χ1) is 10.5. The molecule has 1 N–H and O–H groups in total. The highest BCUT2D eigenvalue weighted by Gasteiger charge is 2.47. The second-order valence-corrected chi connectivity index (χ2v) is 6.83. The molecule has 1 amide bonds. The average Bonchev–Trinajstić information content (AvgIpc) is 2.51. The molecule has 2 atom stereocenters. The normalized spacial score (nSPS) is 30.1. The number of benzene rings is 1. The van der Waals surface area contributed by atoms with Crippen LogP contribution in [0, 0.1) is 37.5 Å². The summed E-state index contributed by atoms with van der Waals surface area (Å²) < 4.78 is 0. The molecule has 3 aliphatic carbocycles. The minimum atomic E-state index is -1.06. The lowest BCUT2D eigenvalue weighted by atomic mass is 9.58. The van der Waals surface area contributed by atoms with Crippen LogP contribution in [0.4, 0.5) is 5.69 Å². The van der Waals surface area contributed by atoms with Gasteiger partial charge in [0.15, 0.2) is 0 Å². The molecule has 2 bridgehead atoms. The van der Waals surface area contributed by atoms with Crippen molar-refractivity contribution < 1.29 is 14.7 Å². The monoisotopic (exact) mass is 300 g/mol. The van der Waals surface area contributed by atoms with Gasteiger partial charge >= 0.3 is 0 Å². The van der Waals surface area contributed by atoms with Gasteiger partial charge in [0.1, 0.15) is 0 Å². The Labute approximate surface area is 130 Å². The Morgan fingerprint density at radius 2 is 1.59 bits per heavy atom. The Morgan fingerprint density at radius 1 is 1.00 bits per heavy atom. The fourth-order valence-corrected chi connectivity index (χ4v) is 4.21. The highest BCUT2D eigenvalue weighted by Crippen LogP contribution is 2.49. The molecule has 3 fully saturated rings. The first-order valence-corrected chi connectivity index (χ1v) is 8.06. The lowest BCUT2D eigenvalue weighted by Crippen LogP contribution is -2.52. The third kappa shape index (κ3) is 2.62. The molecule has 0 saturated heterocycles. The lowest BCUT2D eigenvalue weighted by molar-refractivity contribution is -0.318. The first kappa shape index (κ1) is 15.1. The largest absolute Gasteiger partial charge is 0.550 e. The number of fused-ring (bicyclic) bond motifs is 3. The quantitative estimate of drug-likeness (QED) is 0.928. The summed E-state index contributed by atoms with van der Waals surface area (Å²) in [5, 5.41) is 14.4. The molecule has 0 unspecified atom stereocenters. The zero-order chi connectivity index (χ0) is 15.9. The van der Waals surface area contributed by atoms with Gasteiger partial charge in [-0.1, -0.05) is 6.07 Å². The molecule has 0 aromatic heterocycles. The summed E-state index contributed by atoms with van der Waals surface area (Å²) in [6, 6.07) is 5.77. The van der Waals surface area contributed by atoms with Crippen molar-refractivity contribution in [3.05, 3.63) is 29.3 Å². The van der Waals surface area contributed by atoms with Crippen LogP contribution in [0.2, 0.25) is 0 Å². The van der Waals surface area contributed by atoms with Gasteiger partial charge in [-0.2, -0.15) is 0 Å². The number of rotatable bonds is 3. The van der Waals surface area contributed by atoms with Crippen LogP contribution in [0.3, 0.4) is 0 Å². The van der Waals surface area contributed by atoms with Crippen LogP contribution in [-0.4, -0.2) is 11.9 Å². The van der Waals surface area contributed by atoms with E-state index in [1.807, 2.05) is 32.0 Å². The summed E-state index contributed by atoms with van der Waals surface area (Å²) in [5.74, 6) is -2.01. The maximum atomic E-state index is 12.7. The van der Waals surface area contributed by atoms with Crippen LogP contribution in [0.1, 0.15) is 36.8 Å². The number of aryl methyl sites for hydroxylation is 2. The zero-order valence-electron chi connectivity index (χ0n) is 13.1. The van der Waals surface area contributed by atoms with E-state index in [9.17, 15) is 14.7 Å².